The van der Waals surface area contributed by atoms with Crippen molar-refractivity contribution in [3.8, 4) is 0 Å². The van der Waals surface area contributed by atoms with Crippen molar-refractivity contribution < 1.29 is 14.0 Å². The van der Waals surface area contributed by atoms with Crippen LogP contribution in [-0.2, 0) is 16.2 Å². The summed E-state index contributed by atoms with van der Waals surface area (Å²) in [6.07, 6.45) is 0. The fourth-order valence-corrected chi connectivity index (χ4v) is 5.99. The van der Waals surface area contributed by atoms with Gasteiger partial charge in [0.2, 0.25) is 0 Å². The number of aryl methyl sites for hydroxylation is 1. The summed E-state index contributed by atoms with van der Waals surface area (Å²) >= 11 is 7.39. The lowest BCUT2D eigenvalue weighted by molar-refractivity contribution is -0.123. The molecule has 3 amide bonds. The Balaban J connectivity index is 1.54. The van der Waals surface area contributed by atoms with Crippen molar-refractivity contribution in [1.29, 1.82) is 0 Å². The lowest BCUT2D eigenvalue weighted by atomic mass is 10.0. The second-order valence-electron chi connectivity index (χ2n) is 8.08. The highest BCUT2D eigenvalue weighted by Gasteiger charge is 2.59. The molecule has 0 bridgehead atoms. The fraction of sp³-hybridized carbons (Fsp3) is 0.200. The number of hydrogen-bond donors (Lipinski definition) is 1. The van der Waals surface area contributed by atoms with E-state index in [4.69, 9.17) is 11.6 Å². The van der Waals surface area contributed by atoms with Gasteiger partial charge in [-0.2, -0.15) is 0 Å². The average molecular weight is 482 g/mol. The molecule has 1 N–H and O–H groups in total. The first-order valence-corrected chi connectivity index (χ1v) is 11.9. The van der Waals surface area contributed by atoms with E-state index in [0.29, 0.717) is 34.3 Å². The molecule has 0 aliphatic carbocycles. The van der Waals surface area contributed by atoms with Crippen LogP contribution < -0.4 is 10.2 Å². The minimum absolute atomic E-state index is 0.0938. The van der Waals surface area contributed by atoms with Crippen LogP contribution in [0, 0.1) is 12.7 Å². The van der Waals surface area contributed by atoms with E-state index in [1.165, 1.54) is 17.8 Å². The lowest BCUT2D eigenvalue weighted by Gasteiger charge is -2.33. The van der Waals surface area contributed by atoms with Gasteiger partial charge in [0, 0.05) is 34.1 Å². The molecule has 1 spiro atoms. The topological polar surface area (TPSA) is 52.7 Å². The number of nitrogens with one attached hydrogen (secondary N) is 1. The summed E-state index contributed by atoms with van der Waals surface area (Å²) in [7, 11) is 0. The minimum Gasteiger partial charge on any atom is -0.308 e. The number of thioether (sulfide) groups is 1. The molecule has 0 saturated carbocycles. The van der Waals surface area contributed by atoms with Gasteiger partial charge >= 0.3 is 6.03 Å². The van der Waals surface area contributed by atoms with Gasteiger partial charge in [-0.05, 0) is 43.3 Å². The number of amides is 3. The van der Waals surface area contributed by atoms with Crippen molar-refractivity contribution in [1.82, 2.24) is 4.90 Å². The maximum Gasteiger partial charge on any atom is 0.323 e. The van der Waals surface area contributed by atoms with E-state index in [0.717, 1.165) is 11.1 Å². The molecule has 3 aromatic carbocycles. The third kappa shape index (κ3) is 3.65. The van der Waals surface area contributed by atoms with Gasteiger partial charge in [0.15, 0.2) is 4.87 Å². The van der Waals surface area contributed by atoms with Gasteiger partial charge < -0.3 is 10.2 Å². The molecule has 1 atom stereocenters. The maximum atomic E-state index is 14.4. The molecule has 0 aromatic heterocycles. The van der Waals surface area contributed by atoms with Crippen LogP contribution in [0.25, 0.3) is 0 Å². The Morgan fingerprint density at radius 2 is 1.91 bits per heavy atom. The first-order valence-electron chi connectivity index (χ1n) is 10.5. The Morgan fingerprint density at radius 3 is 2.67 bits per heavy atom. The van der Waals surface area contributed by atoms with E-state index in [-0.39, 0.29) is 24.3 Å². The van der Waals surface area contributed by atoms with Crippen LogP contribution >= 0.6 is 23.4 Å². The zero-order valence-electron chi connectivity index (χ0n) is 17.8. The summed E-state index contributed by atoms with van der Waals surface area (Å²) in [4.78, 5) is 29.3. The first kappa shape index (κ1) is 21.8. The number of carbonyl (C=O) groups excluding carboxylic acids is 2. The zero-order valence-corrected chi connectivity index (χ0v) is 19.4. The highest BCUT2D eigenvalue weighted by atomic mass is 35.5. The van der Waals surface area contributed by atoms with E-state index in [1.54, 1.807) is 52.3 Å². The van der Waals surface area contributed by atoms with Crippen LogP contribution in [0.2, 0.25) is 5.02 Å². The van der Waals surface area contributed by atoms with Crippen molar-refractivity contribution in [3.05, 3.63) is 94.3 Å². The van der Waals surface area contributed by atoms with Crippen molar-refractivity contribution in [3.63, 3.8) is 0 Å². The molecule has 5 nitrogen and oxygen atoms in total. The Bertz CT molecular complexity index is 1250. The largest absolute Gasteiger partial charge is 0.323 e. The summed E-state index contributed by atoms with van der Waals surface area (Å²) in [6.45, 7) is 2.46. The molecular formula is C25H21ClFN3O2S. The summed E-state index contributed by atoms with van der Waals surface area (Å²) in [5.74, 6) is 0.0113. The van der Waals surface area contributed by atoms with Crippen molar-refractivity contribution in [2.24, 2.45) is 0 Å². The third-order valence-electron chi connectivity index (χ3n) is 5.98. The molecule has 2 heterocycles. The summed E-state index contributed by atoms with van der Waals surface area (Å²) < 4.78 is 14.4. The number of nitrogens with zero attached hydrogens (tertiary/aromatic N) is 2. The monoisotopic (exact) mass is 481 g/mol. The number of urea groups is 1. The van der Waals surface area contributed by atoms with E-state index >= 15 is 0 Å². The number of fused-ring (bicyclic) bond motifs is 2. The van der Waals surface area contributed by atoms with Gasteiger partial charge in [0.25, 0.3) is 5.91 Å². The van der Waals surface area contributed by atoms with Gasteiger partial charge in [-0.3, -0.25) is 9.69 Å². The molecule has 2 aliphatic rings. The van der Waals surface area contributed by atoms with Crippen LogP contribution in [0.5, 0.6) is 0 Å². The Kier molecular flexibility index (Phi) is 5.54. The maximum absolute atomic E-state index is 14.4. The number of rotatable bonds is 3. The second kappa shape index (κ2) is 8.39. The van der Waals surface area contributed by atoms with Crippen LogP contribution in [0.3, 0.4) is 0 Å². The van der Waals surface area contributed by atoms with Crippen LogP contribution in [0.15, 0.2) is 66.7 Å². The van der Waals surface area contributed by atoms with Gasteiger partial charge in [-0.25, -0.2) is 9.18 Å². The Morgan fingerprint density at radius 1 is 1.15 bits per heavy atom. The van der Waals surface area contributed by atoms with Gasteiger partial charge in [-0.1, -0.05) is 47.5 Å². The fourth-order valence-electron chi connectivity index (χ4n) is 4.41. The van der Waals surface area contributed by atoms with Crippen LogP contribution in [-0.4, -0.2) is 29.1 Å². The van der Waals surface area contributed by atoms with E-state index in [9.17, 15) is 14.0 Å². The predicted octanol–water partition coefficient (Wildman–Crippen LogP) is 5.77. The molecular weight excluding hydrogens is 461 g/mol. The molecule has 5 rings (SSSR count). The molecule has 0 radical (unpaired) electrons. The highest BCUT2D eigenvalue weighted by molar-refractivity contribution is 8.01. The Labute approximate surface area is 200 Å². The van der Waals surface area contributed by atoms with Gasteiger partial charge in [0.1, 0.15) is 5.82 Å². The molecule has 8 heteroatoms. The molecule has 2 aliphatic heterocycles. The average Bonchev–Trinajstić information content (AvgIpc) is 3.34. The first-order chi connectivity index (χ1) is 15.9. The molecule has 1 unspecified atom stereocenters. The molecule has 1 saturated heterocycles. The third-order valence-corrected chi connectivity index (χ3v) is 7.65. The van der Waals surface area contributed by atoms with Gasteiger partial charge in [0.05, 0.1) is 12.2 Å². The number of anilines is 2. The molecule has 168 valence electrons. The summed E-state index contributed by atoms with van der Waals surface area (Å²) in [5, 5.41) is 3.46. The van der Waals surface area contributed by atoms with E-state index in [2.05, 4.69) is 5.32 Å². The van der Waals surface area contributed by atoms with E-state index < -0.39 is 4.87 Å². The van der Waals surface area contributed by atoms with Gasteiger partial charge in [-0.15, -0.1) is 11.8 Å². The number of halogens is 2. The number of benzene rings is 3. The van der Waals surface area contributed by atoms with Crippen molar-refractivity contribution in [2.75, 3.05) is 22.5 Å². The second-order valence-corrected chi connectivity index (χ2v) is 9.81. The number of carbonyl (C=O) groups is 2. The summed E-state index contributed by atoms with van der Waals surface area (Å²) in [6, 6.07) is 18.7. The lowest BCUT2D eigenvalue weighted by Crippen LogP contribution is -2.51. The summed E-state index contributed by atoms with van der Waals surface area (Å²) in [5.41, 5.74) is 3.47. The number of hydrogen-bond acceptors (Lipinski definition) is 3. The normalized spacial score (nSPS) is 19.3. The van der Waals surface area contributed by atoms with Crippen LogP contribution in [0.4, 0.5) is 20.6 Å². The Hall–Kier alpha value is -3.03. The minimum atomic E-state index is -1.19. The molecule has 1 fully saturated rings. The molecule has 3 aromatic rings. The van der Waals surface area contributed by atoms with Crippen LogP contribution in [0.1, 0.15) is 16.7 Å². The molecule has 33 heavy (non-hydrogen) atoms. The predicted molar refractivity (Wildman–Crippen MR) is 130 cm³/mol. The van der Waals surface area contributed by atoms with Crippen molar-refractivity contribution >= 4 is 46.7 Å². The van der Waals surface area contributed by atoms with E-state index in [1.807, 2.05) is 25.1 Å². The standard InChI is InChI=1S/C25H21ClFN3O2S/c1-16-6-11-22-20(14-16)25(23(31)29(22)15-17-4-2-3-5-21(17)27)30(12-13-33-25)24(32)28-19-9-7-18(26)8-10-19/h2-11,14H,12-13,15H2,1H3,(H,28,32). The van der Waals surface area contributed by atoms with Crippen molar-refractivity contribution in [2.45, 2.75) is 18.3 Å². The quantitative estimate of drug-likeness (QED) is 0.517. The smallest absolute Gasteiger partial charge is 0.308 e. The highest BCUT2D eigenvalue weighted by Crippen LogP contribution is 2.54. The zero-order chi connectivity index (χ0) is 23.2. The SMILES string of the molecule is Cc1ccc2c(c1)C1(SCCN1C(=O)Nc1ccc(Cl)cc1)C(=O)N2Cc1ccccc1F.